The molecule has 1 saturated heterocycles. The highest BCUT2D eigenvalue weighted by molar-refractivity contribution is 7.41. The Kier molecular flexibility index (Phi) is 4.41. The Morgan fingerprint density at radius 2 is 2.00 bits per heavy atom. The van der Waals surface area contributed by atoms with Crippen LogP contribution < -0.4 is 0 Å². The molecule has 5 heteroatoms. The average Bonchev–Trinajstić information content (AvgIpc) is 2.28. The Balaban J connectivity index is 2.15. The summed E-state index contributed by atoms with van der Waals surface area (Å²) in [4.78, 5) is 0. The monoisotopic (exact) mass is 175 g/mol. The maximum absolute atomic E-state index is 8.19. The SMILES string of the molecule is N#CCOP1OCCCCO1. The van der Waals surface area contributed by atoms with Crippen molar-refractivity contribution < 1.29 is 13.6 Å². The molecule has 11 heavy (non-hydrogen) atoms. The molecule has 62 valence electrons. The third-order valence-corrected chi connectivity index (χ3v) is 2.29. The van der Waals surface area contributed by atoms with Gasteiger partial charge in [0, 0.05) is 0 Å². The van der Waals surface area contributed by atoms with E-state index in [1.165, 1.54) is 0 Å². The fourth-order valence-electron chi connectivity index (χ4n) is 0.676. The van der Waals surface area contributed by atoms with Gasteiger partial charge in [0.05, 0.1) is 19.3 Å². The van der Waals surface area contributed by atoms with Crippen molar-refractivity contribution in [1.29, 1.82) is 5.26 Å². The second-order valence-corrected chi connectivity index (χ2v) is 3.25. The molecule has 0 N–H and O–H groups in total. The minimum atomic E-state index is -1.23. The maximum Gasteiger partial charge on any atom is 0.333 e. The lowest BCUT2D eigenvalue weighted by Crippen LogP contribution is -1.92. The normalized spacial score (nSPS) is 20.6. The van der Waals surface area contributed by atoms with Crippen molar-refractivity contribution in [2.24, 2.45) is 0 Å². The van der Waals surface area contributed by atoms with E-state index >= 15 is 0 Å². The Morgan fingerprint density at radius 1 is 1.36 bits per heavy atom. The molecule has 1 aliphatic heterocycles. The van der Waals surface area contributed by atoms with Crippen molar-refractivity contribution in [3.8, 4) is 6.07 Å². The Morgan fingerprint density at radius 3 is 2.55 bits per heavy atom. The molecule has 1 aliphatic rings. The lowest BCUT2D eigenvalue weighted by molar-refractivity contribution is 0.197. The van der Waals surface area contributed by atoms with Crippen LogP contribution in [0.15, 0.2) is 0 Å². The van der Waals surface area contributed by atoms with Gasteiger partial charge in [-0.3, -0.25) is 4.52 Å². The molecular formula is C6H10NO3P. The first-order valence-corrected chi connectivity index (χ1v) is 4.59. The van der Waals surface area contributed by atoms with Crippen LogP contribution in [0.3, 0.4) is 0 Å². The van der Waals surface area contributed by atoms with Crippen LogP contribution in [-0.2, 0) is 13.6 Å². The van der Waals surface area contributed by atoms with Crippen LogP contribution in [0.25, 0.3) is 0 Å². The predicted molar refractivity (Wildman–Crippen MR) is 39.6 cm³/mol. The van der Waals surface area contributed by atoms with Crippen molar-refractivity contribution in [2.45, 2.75) is 12.8 Å². The van der Waals surface area contributed by atoms with E-state index in [9.17, 15) is 0 Å². The summed E-state index contributed by atoms with van der Waals surface area (Å²) in [7, 11) is -1.23. The zero-order chi connectivity index (χ0) is 7.94. The molecule has 0 saturated carbocycles. The lowest BCUT2D eigenvalue weighted by atomic mass is 10.3. The van der Waals surface area contributed by atoms with E-state index < -0.39 is 8.60 Å². The first-order valence-electron chi connectivity index (χ1n) is 3.49. The summed E-state index contributed by atoms with van der Waals surface area (Å²) in [5.74, 6) is 0. The summed E-state index contributed by atoms with van der Waals surface area (Å²) in [5, 5.41) is 8.19. The summed E-state index contributed by atoms with van der Waals surface area (Å²) in [6.07, 6.45) is 2.02. The average molecular weight is 175 g/mol. The summed E-state index contributed by atoms with van der Waals surface area (Å²) < 4.78 is 15.3. The minimum Gasteiger partial charge on any atom is -0.312 e. The highest BCUT2D eigenvalue weighted by atomic mass is 31.2. The van der Waals surface area contributed by atoms with Crippen LogP contribution in [0.5, 0.6) is 0 Å². The van der Waals surface area contributed by atoms with Crippen LogP contribution in [0.4, 0.5) is 0 Å². The van der Waals surface area contributed by atoms with Crippen LogP contribution in [-0.4, -0.2) is 19.8 Å². The Bertz CT molecular complexity index is 139. The molecule has 0 unspecified atom stereocenters. The lowest BCUT2D eigenvalue weighted by Gasteiger charge is -2.10. The summed E-state index contributed by atoms with van der Waals surface area (Å²) >= 11 is 0. The molecule has 0 atom stereocenters. The summed E-state index contributed by atoms with van der Waals surface area (Å²) in [6.45, 7) is 1.40. The maximum atomic E-state index is 8.19. The number of nitrogens with zero attached hydrogens (tertiary/aromatic N) is 1. The van der Waals surface area contributed by atoms with Gasteiger partial charge < -0.3 is 9.05 Å². The fourth-order valence-corrected chi connectivity index (χ4v) is 1.62. The van der Waals surface area contributed by atoms with Gasteiger partial charge in [-0.05, 0) is 12.8 Å². The van der Waals surface area contributed by atoms with E-state index in [0.29, 0.717) is 13.2 Å². The van der Waals surface area contributed by atoms with E-state index in [1.54, 1.807) is 0 Å². The standard InChI is InChI=1S/C6H10NO3P/c7-3-6-10-11-8-4-1-2-5-9-11/h1-2,4-6H2. The minimum absolute atomic E-state index is 0.0473. The Labute approximate surface area is 67.1 Å². The van der Waals surface area contributed by atoms with Gasteiger partial charge in [0.2, 0.25) is 0 Å². The quantitative estimate of drug-likeness (QED) is 0.598. The number of hydrogen-bond acceptors (Lipinski definition) is 4. The molecule has 0 aliphatic carbocycles. The van der Waals surface area contributed by atoms with Crippen molar-refractivity contribution in [3.05, 3.63) is 0 Å². The van der Waals surface area contributed by atoms with Gasteiger partial charge in [-0.1, -0.05) is 0 Å². The van der Waals surface area contributed by atoms with Crippen LogP contribution in [0, 0.1) is 11.3 Å². The van der Waals surface area contributed by atoms with E-state index in [0.717, 1.165) is 12.8 Å². The van der Waals surface area contributed by atoms with Gasteiger partial charge in [-0.15, -0.1) is 0 Å². The second-order valence-electron chi connectivity index (χ2n) is 2.03. The summed E-state index contributed by atoms with van der Waals surface area (Å²) in [5.41, 5.74) is 0. The second kappa shape index (κ2) is 5.45. The van der Waals surface area contributed by atoms with Gasteiger partial charge in [-0.25, -0.2) is 0 Å². The highest BCUT2D eigenvalue weighted by Gasteiger charge is 2.14. The topological polar surface area (TPSA) is 51.5 Å². The molecule has 0 aromatic heterocycles. The van der Waals surface area contributed by atoms with Crippen LogP contribution >= 0.6 is 8.60 Å². The van der Waals surface area contributed by atoms with Crippen molar-refractivity contribution in [3.63, 3.8) is 0 Å². The van der Waals surface area contributed by atoms with Crippen LogP contribution in [0.2, 0.25) is 0 Å². The van der Waals surface area contributed by atoms with Crippen molar-refractivity contribution >= 4 is 8.60 Å². The zero-order valence-electron chi connectivity index (χ0n) is 6.15. The van der Waals surface area contributed by atoms with E-state index in [-0.39, 0.29) is 6.61 Å². The van der Waals surface area contributed by atoms with Crippen LogP contribution in [0.1, 0.15) is 12.8 Å². The van der Waals surface area contributed by atoms with Gasteiger partial charge >= 0.3 is 8.60 Å². The molecular weight excluding hydrogens is 165 g/mol. The number of rotatable bonds is 2. The van der Waals surface area contributed by atoms with Crippen molar-refractivity contribution in [1.82, 2.24) is 0 Å². The summed E-state index contributed by atoms with van der Waals surface area (Å²) in [6, 6.07) is 1.87. The molecule has 4 nitrogen and oxygen atoms in total. The van der Waals surface area contributed by atoms with E-state index in [2.05, 4.69) is 0 Å². The molecule has 0 bridgehead atoms. The molecule has 0 radical (unpaired) electrons. The molecule has 0 aromatic carbocycles. The molecule has 0 aromatic rings. The smallest absolute Gasteiger partial charge is 0.312 e. The van der Waals surface area contributed by atoms with E-state index in [1.807, 2.05) is 6.07 Å². The molecule has 1 heterocycles. The molecule has 0 spiro atoms. The third kappa shape index (κ3) is 3.64. The zero-order valence-corrected chi connectivity index (χ0v) is 7.05. The number of nitriles is 1. The van der Waals surface area contributed by atoms with Crippen molar-refractivity contribution in [2.75, 3.05) is 19.8 Å². The van der Waals surface area contributed by atoms with E-state index in [4.69, 9.17) is 18.8 Å². The highest BCUT2D eigenvalue weighted by Crippen LogP contribution is 2.41. The van der Waals surface area contributed by atoms with Gasteiger partial charge in [0.15, 0.2) is 0 Å². The predicted octanol–water partition coefficient (Wildman–Crippen LogP) is 1.58. The number of hydrogen-bond donors (Lipinski definition) is 0. The largest absolute Gasteiger partial charge is 0.333 e. The van der Waals surface area contributed by atoms with Gasteiger partial charge in [-0.2, -0.15) is 5.26 Å². The molecule has 1 fully saturated rings. The third-order valence-electron chi connectivity index (χ3n) is 1.17. The first kappa shape index (κ1) is 8.89. The first-order chi connectivity index (χ1) is 5.43. The molecule has 0 amide bonds. The van der Waals surface area contributed by atoms with Gasteiger partial charge in [0.1, 0.15) is 6.61 Å². The molecule has 1 rings (SSSR count). The Hall–Kier alpha value is -0.200. The fraction of sp³-hybridized carbons (Fsp3) is 0.833. The van der Waals surface area contributed by atoms with Gasteiger partial charge in [0.25, 0.3) is 0 Å².